The van der Waals surface area contributed by atoms with Gasteiger partial charge in [0.1, 0.15) is 17.2 Å². The maximum absolute atomic E-state index is 6.00. The zero-order valence-electron chi connectivity index (χ0n) is 8.61. The molecule has 15 heavy (non-hydrogen) atoms. The van der Waals surface area contributed by atoms with Crippen LogP contribution in [0.5, 0.6) is 0 Å². The Labute approximate surface area is 99.0 Å². The summed E-state index contributed by atoms with van der Waals surface area (Å²) in [5.41, 5.74) is 0. The van der Waals surface area contributed by atoms with E-state index in [9.17, 15) is 0 Å². The lowest BCUT2D eigenvalue weighted by molar-refractivity contribution is 0.762. The molecule has 2 rings (SSSR count). The second-order valence-corrected chi connectivity index (χ2v) is 5.16. The fourth-order valence-electron chi connectivity index (χ4n) is 1.97. The van der Waals surface area contributed by atoms with Gasteiger partial charge < -0.3 is 5.32 Å². The third-order valence-corrected chi connectivity index (χ3v) is 4.19. The first-order valence-corrected chi connectivity index (χ1v) is 6.72. The normalized spacial score (nSPS) is 25.5. The van der Waals surface area contributed by atoms with E-state index in [1.165, 1.54) is 25.6 Å². The summed E-state index contributed by atoms with van der Waals surface area (Å²) in [6.45, 7) is 0. The SMILES string of the molecule is CSC1CCCC1Nc1ncncc1Cl. The van der Waals surface area contributed by atoms with Crippen LogP contribution < -0.4 is 5.32 Å². The Morgan fingerprint density at radius 3 is 3.13 bits per heavy atom. The Bertz CT molecular complexity index is 334. The number of halogens is 1. The predicted molar refractivity (Wildman–Crippen MR) is 65.6 cm³/mol. The molecule has 0 saturated heterocycles. The Hall–Kier alpha value is -0.480. The van der Waals surface area contributed by atoms with E-state index in [1.54, 1.807) is 6.20 Å². The van der Waals surface area contributed by atoms with Crippen LogP contribution in [-0.2, 0) is 0 Å². The van der Waals surface area contributed by atoms with Gasteiger partial charge in [0, 0.05) is 11.3 Å². The Balaban J connectivity index is 2.05. The van der Waals surface area contributed by atoms with Crippen LogP contribution >= 0.6 is 23.4 Å². The number of rotatable bonds is 3. The predicted octanol–water partition coefficient (Wildman–Crippen LogP) is 2.83. The molecule has 1 aromatic heterocycles. The van der Waals surface area contributed by atoms with Crippen molar-refractivity contribution >= 4 is 29.2 Å². The third kappa shape index (κ3) is 2.55. The van der Waals surface area contributed by atoms with E-state index in [0.29, 0.717) is 16.3 Å². The van der Waals surface area contributed by atoms with Crippen molar-refractivity contribution in [2.75, 3.05) is 11.6 Å². The Kier molecular flexibility index (Phi) is 3.70. The molecule has 5 heteroatoms. The minimum Gasteiger partial charge on any atom is -0.365 e. The van der Waals surface area contributed by atoms with Crippen LogP contribution in [0.2, 0.25) is 5.02 Å². The van der Waals surface area contributed by atoms with Gasteiger partial charge in [-0.3, -0.25) is 0 Å². The molecule has 2 unspecified atom stereocenters. The zero-order chi connectivity index (χ0) is 10.7. The second kappa shape index (κ2) is 5.03. The number of thioether (sulfide) groups is 1. The number of hydrogen-bond acceptors (Lipinski definition) is 4. The molecule has 1 saturated carbocycles. The van der Waals surface area contributed by atoms with Crippen LogP contribution in [-0.4, -0.2) is 27.5 Å². The third-order valence-electron chi connectivity index (χ3n) is 2.75. The summed E-state index contributed by atoms with van der Waals surface area (Å²) in [6, 6.07) is 0.493. The molecule has 1 aliphatic carbocycles. The molecular weight excluding hydrogens is 230 g/mol. The van der Waals surface area contributed by atoms with Crippen molar-refractivity contribution in [3.05, 3.63) is 17.5 Å². The van der Waals surface area contributed by atoms with Crippen molar-refractivity contribution in [3.63, 3.8) is 0 Å². The molecule has 0 radical (unpaired) electrons. The number of nitrogens with zero attached hydrogens (tertiary/aromatic N) is 2. The summed E-state index contributed by atoms with van der Waals surface area (Å²) in [7, 11) is 0. The molecule has 0 aliphatic heterocycles. The largest absolute Gasteiger partial charge is 0.365 e. The van der Waals surface area contributed by atoms with Gasteiger partial charge in [-0.1, -0.05) is 18.0 Å². The van der Waals surface area contributed by atoms with E-state index in [0.717, 1.165) is 5.82 Å². The summed E-state index contributed by atoms with van der Waals surface area (Å²) in [5.74, 6) is 0.762. The lowest BCUT2D eigenvalue weighted by Crippen LogP contribution is -2.26. The van der Waals surface area contributed by atoms with Crippen molar-refractivity contribution in [2.45, 2.75) is 30.6 Å². The van der Waals surface area contributed by atoms with Gasteiger partial charge in [0.05, 0.1) is 6.20 Å². The first-order valence-electron chi connectivity index (χ1n) is 5.06. The highest BCUT2D eigenvalue weighted by molar-refractivity contribution is 7.99. The smallest absolute Gasteiger partial charge is 0.148 e. The summed E-state index contributed by atoms with van der Waals surface area (Å²) >= 11 is 7.92. The molecule has 2 atom stereocenters. The maximum Gasteiger partial charge on any atom is 0.148 e. The van der Waals surface area contributed by atoms with E-state index >= 15 is 0 Å². The van der Waals surface area contributed by atoms with Crippen LogP contribution in [0.25, 0.3) is 0 Å². The van der Waals surface area contributed by atoms with E-state index in [1.807, 2.05) is 11.8 Å². The highest BCUT2D eigenvalue weighted by Gasteiger charge is 2.26. The van der Waals surface area contributed by atoms with E-state index in [-0.39, 0.29) is 0 Å². The number of anilines is 1. The summed E-state index contributed by atoms with van der Waals surface area (Å²) < 4.78 is 0. The first-order chi connectivity index (χ1) is 7.31. The van der Waals surface area contributed by atoms with Gasteiger partial charge in [0.2, 0.25) is 0 Å². The zero-order valence-corrected chi connectivity index (χ0v) is 10.2. The van der Waals surface area contributed by atoms with Crippen LogP contribution in [0.1, 0.15) is 19.3 Å². The minimum atomic E-state index is 0.493. The van der Waals surface area contributed by atoms with Crippen LogP contribution in [0.4, 0.5) is 5.82 Å². The number of nitrogens with one attached hydrogen (secondary N) is 1. The van der Waals surface area contributed by atoms with Crippen molar-refractivity contribution in [1.82, 2.24) is 9.97 Å². The molecule has 1 fully saturated rings. The molecule has 1 heterocycles. The highest BCUT2D eigenvalue weighted by atomic mass is 35.5. The number of hydrogen-bond donors (Lipinski definition) is 1. The molecule has 0 amide bonds. The quantitative estimate of drug-likeness (QED) is 0.886. The van der Waals surface area contributed by atoms with Gasteiger partial charge in [0.15, 0.2) is 0 Å². The van der Waals surface area contributed by atoms with Gasteiger partial charge in [-0.25, -0.2) is 9.97 Å². The van der Waals surface area contributed by atoms with Crippen LogP contribution in [0.15, 0.2) is 12.5 Å². The molecule has 3 nitrogen and oxygen atoms in total. The Morgan fingerprint density at radius 1 is 1.53 bits per heavy atom. The van der Waals surface area contributed by atoms with Crippen molar-refractivity contribution in [3.8, 4) is 0 Å². The van der Waals surface area contributed by atoms with Crippen LogP contribution in [0.3, 0.4) is 0 Å². The lowest BCUT2D eigenvalue weighted by Gasteiger charge is -2.19. The molecule has 0 bridgehead atoms. The molecule has 0 spiro atoms. The molecule has 1 aromatic rings. The van der Waals surface area contributed by atoms with E-state index < -0.39 is 0 Å². The van der Waals surface area contributed by atoms with Crippen molar-refractivity contribution < 1.29 is 0 Å². The van der Waals surface area contributed by atoms with Gasteiger partial charge in [-0.2, -0.15) is 11.8 Å². The van der Waals surface area contributed by atoms with Crippen molar-refractivity contribution in [2.24, 2.45) is 0 Å². The van der Waals surface area contributed by atoms with E-state index in [2.05, 4.69) is 21.5 Å². The minimum absolute atomic E-state index is 0.493. The standard InChI is InChI=1S/C10H14ClN3S/c1-15-9-4-2-3-8(9)14-10-7(11)5-12-6-13-10/h5-6,8-9H,2-4H2,1H3,(H,12,13,14). The average Bonchev–Trinajstić information content (AvgIpc) is 2.69. The molecule has 1 N–H and O–H groups in total. The summed E-state index contributed by atoms with van der Waals surface area (Å²) in [5, 5.41) is 4.68. The average molecular weight is 244 g/mol. The van der Waals surface area contributed by atoms with Crippen molar-refractivity contribution in [1.29, 1.82) is 0 Å². The summed E-state index contributed by atoms with van der Waals surface area (Å²) in [4.78, 5) is 8.02. The fourth-order valence-corrected chi connectivity index (χ4v) is 3.06. The molecule has 0 aromatic carbocycles. The number of aromatic nitrogens is 2. The molecule has 82 valence electrons. The van der Waals surface area contributed by atoms with Crippen LogP contribution in [0, 0.1) is 0 Å². The first kappa shape index (κ1) is 11.0. The van der Waals surface area contributed by atoms with Gasteiger partial charge in [0.25, 0.3) is 0 Å². The molecule has 1 aliphatic rings. The topological polar surface area (TPSA) is 37.8 Å². The van der Waals surface area contributed by atoms with Gasteiger partial charge in [-0.05, 0) is 19.1 Å². The van der Waals surface area contributed by atoms with Gasteiger partial charge >= 0.3 is 0 Å². The fraction of sp³-hybridized carbons (Fsp3) is 0.600. The monoisotopic (exact) mass is 243 g/mol. The highest BCUT2D eigenvalue weighted by Crippen LogP contribution is 2.31. The maximum atomic E-state index is 6.00. The molecular formula is C10H14ClN3S. The lowest BCUT2D eigenvalue weighted by atomic mass is 10.2. The van der Waals surface area contributed by atoms with Gasteiger partial charge in [-0.15, -0.1) is 0 Å². The second-order valence-electron chi connectivity index (χ2n) is 3.68. The summed E-state index contributed by atoms with van der Waals surface area (Å²) in [6.07, 6.45) is 9.07. The Morgan fingerprint density at radius 2 is 2.40 bits per heavy atom. The van der Waals surface area contributed by atoms with E-state index in [4.69, 9.17) is 11.6 Å².